The van der Waals surface area contributed by atoms with Gasteiger partial charge in [-0.2, -0.15) is 0 Å². The summed E-state index contributed by atoms with van der Waals surface area (Å²) < 4.78 is 10.7. The summed E-state index contributed by atoms with van der Waals surface area (Å²) >= 11 is 0. The molecule has 9 heteroatoms. The number of carbonyl (C=O) groups excluding carboxylic acids is 3. The van der Waals surface area contributed by atoms with E-state index in [1.165, 1.54) is 17.1 Å². The zero-order chi connectivity index (χ0) is 18.3. The third-order valence-electron chi connectivity index (χ3n) is 3.37. The van der Waals surface area contributed by atoms with Gasteiger partial charge in [0.1, 0.15) is 0 Å². The molecule has 1 heterocycles. The number of imide groups is 1. The van der Waals surface area contributed by atoms with E-state index in [1.807, 2.05) is 0 Å². The van der Waals surface area contributed by atoms with Gasteiger partial charge in [-0.25, -0.2) is 0 Å². The Morgan fingerprint density at radius 3 is 2.36 bits per heavy atom. The molecule has 0 aliphatic carbocycles. The van der Waals surface area contributed by atoms with Gasteiger partial charge in [-0.1, -0.05) is 0 Å². The Hall–Kier alpha value is -1.81. The highest BCUT2D eigenvalue weighted by Crippen LogP contribution is 2.03. The number of amides is 3. The molecule has 9 nitrogen and oxygen atoms in total. The van der Waals surface area contributed by atoms with Crippen molar-refractivity contribution in [2.45, 2.75) is 12.8 Å². The SMILES string of the molecule is NCCNC(=O)CCOCCOCCNCCCN1C(=O)C=CC1=O. The largest absolute Gasteiger partial charge is 0.379 e. The quantitative estimate of drug-likeness (QED) is 0.238. The van der Waals surface area contributed by atoms with Crippen molar-refractivity contribution in [3.05, 3.63) is 12.2 Å². The predicted octanol–water partition coefficient (Wildman–Crippen LogP) is -1.61. The second-order valence-corrected chi connectivity index (χ2v) is 5.38. The lowest BCUT2D eigenvalue weighted by molar-refractivity contribution is -0.136. The van der Waals surface area contributed by atoms with Crippen LogP contribution in [-0.4, -0.2) is 81.8 Å². The van der Waals surface area contributed by atoms with Crippen molar-refractivity contribution < 1.29 is 23.9 Å². The third kappa shape index (κ3) is 9.92. The Kier molecular flexibility index (Phi) is 11.4. The van der Waals surface area contributed by atoms with E-state index >= 15 is 0 Å². The van der Waals surface area contributed by atoms with Gasteiger partial charge < -0.3 is 25.8 Å². The molecule has 1 rings (SSSR count). The van der Waals surface area contributed by atoms with Crippen LogP contribution in [0.5, 0.6) is 0 Å². The molecule has 0 spiro atoms. The first-order valence-corrected chi connectivity index (χ1v) is 8.51. The molecule has 0 saturated heterocycles. The number of hydrogen-bond acceptors (Lipinski definition) is 7. The highest BCUT2D eigenvalue weighted by molar-refractivity contribution is 6.12. The number of nitrogens with zero attached hydrogens (tertiary/aromatic N) is 1. The second kappa shape index (κ2) is 13.5. The lowest BCUT2D eigenvalue weighted by Gasteiger charge is -2.13. The monoisotopic (exact) mass is 356 g/mol. The molecular formula is C16H28N4O5. The standard InChI is InChI=1S/C16H28N4O5/c17-5-7-19-14(21)4-10-24-12-13-25-11-8-18-6-1-9-20-15(22)2-3-16(20)23/h2-3,18H,1,4-13,17H2,(H,19,21). The van der Waals surface area contributed by atoms with Crippen LogP contribution in [0.2, 0.25) is 0 Å². The fourth-order valence-electron chi connectivity index (χ4n) is 2.07. The zero-order valence-corrected chi connectivity index (χ0v) is 14.5. The highest BCUT2D eigenvalue weighted by atomic mass is 16.5. The molecule has 0 unspecified atom stereocenters. The Balaban J connectivity index is 1.80. The molecule has 1 aliphatic heterocycles. The van der Waals surface area contributed by atoms with Crippen molar-refractivity contribution in [2.75, 3.05) is 59.2 Å². The number of nitrogens with two attached hydrogens (primary N) is 1. The first kappa shape index (κ1) is 21.2. The molecule has 0 aromatic heterocycles. The molecule has 3 amide bonds. The summed E-state index contributed by atoms with van der Waals surface area (Å²) in [5.41, 5.74) is 5.28. The van der Waals surface area contributed by atoms with E-state index in [0.29, 0.717) is 72.0 Å². The number of carbonyl (C=O) groups is 3. The maximum atomic E-state index is 11.3. The van der Waals surface area contributed by atoms with Gasteiger partial charge in [-0.3, -0.25) is 19.3 Å². The highest BCUT2D eigenvalue weighted by Gasteiger charge is 2.21. The summed E-state index contributed by atoms with van der Waals surface area (Å²) in [6.07, 6.45) is 3.60. The summed E-state index contributed by atoms with van der Waals surface area (Å²) in [4.78, 5) is 35.1. The van der Waals surface area contributed by atoms with E-state index in [4.69, 9.17) is 15.2 Å². The lowest BCUT2D eigenvalue weighted by Crippen LogP contribution is -2.33. The van der Waals surface area contributed by atoms with Crippen LogP contribution in [0.25, 0.3) is 0 Å². The summed E-state index contributed by atoms with van der Waals surface area (Å²) in [7, 11) is 0. The van der Waals surface area contributed by atoms with Crippen LogP contribution in [0, 0.1) is 0 Å². The van der Waals surface area contributed by atoms with Gasteiger partial charge in [0.2, 0.25) is 5.91 Å². The second-order valence-electron chi connectivity index (χ2n) is 5.38. The molecule has 25 heavy (non-hydrogen) atoms. The summed E-state index contributed by atoms with van der Waals surface area (Å²) in [5.74, 6) is -0.556. The van der Waals surface area contributed by atoms with Crippen LogP contribution in [0.3, 0.4) is 0 Å². The van der Waals surface area contributed by atoms with E-state index < -0.39 is 0 Å². The van der Waals surface area contributed by atoms with Crippen molar-refractivity contribution in [1.29, 1.82) is 0 Å². The summed E-state index contributed by atoms with van der Waals surface area (Å²) in [6, 6.07) is 0. The molecule has 0 saturated carbocycles. The topological polar surface area (TPSA) is 123 Å². The Labute approximate surface area is 147 Å². The van der Waals surface area contributed by atoms with E-state index in [0.717, 1.165) is 0 Å². The van der Waals surface area contributed by atoms with Crippen molar-refractivity contribution in [3.63, 3.8) is 0 Å². The van der Waals surface area contributed by atoms with E-state index in [9.17, 15) is 14.4 Å². The van der Waals surface area contributed by atoms with Crippen LogP contribution in [0.15, 0.2) is 12.2 Å². The van der Waals surface area contributed by atoms with Crippen LogP contribution in [0.4, 0.5) is 0 Å². The minimum absolute atomic E-state index is 0.0660. The predicted molar refractivity (Wildman–Crippen MR) is 91.7 cm³/mol. The number of ether oxygens (including phenoxy) is 2. The summed E-state index contributed by atoms with van der Waals surface area (Å²) in [6.45, 7) is 4.54. The Morgan fingerprint density at radius 1 is 1.00 bits per heavy atom. The fourth-order valence-corrected chi connectivity index (χ4v) is 2.07. The first-order valence-electron chi connectivity index (χ1n) is 8.51. The molecule has 142 valence electrons. The van der Waals surface area contributed by atoms with Gasteiger partial charge in [-0.05, 0) is 13.0 Å². The zero-order valence-electron chi connectivity index (χ0n) is 14.5. The van der Waals surface area contributed by atoms with Crippen LogP contribution in [-0.2, 0) is 23.9 Å². The Morgan fingerprint density at radius 2 is 1.68 bits per heavy atom. The first-order chi connectivity index (χ1) is 12.1. The molecule has 0 atom stereocenters. The fraction of sp³-hybridized carbons (Fsp3) is 0.688. The molecule has 0 bridgehead atoms. The van der Waals surface area contributed by atoms with E-state index in [-0.39, 0.29) is 17.7 Å². The van der Waals surface area contributed by atoms with Crippen LogP contribution in [0.1, 0.15) is 12.8 Å². The Bertz CT molecular complexity index is 438. The van der Waals surface area contributed by atoms with E-state index in [2.05, 4.69) is 10.6 Å². The maximum Gasteiger partial charge on any atom is 0.253 e. The smallest absolute Gasteiger partial charge is 0.253 e. The van der Waals surface area contributed by atoms with Gasteiger partial charge in [0.05, 0.1) is 26.4 Å². The third-order valence-corrected chi connectivity index (χ3v) is 3.37. The average Bonchev–Trinajstić information content (AvgIpc) is 2.92. The van der Waals surface area contributed by atoms with Crippen molar-refractivity contribution in [3.8, 4) is 0 Å². The van der Waals surface area contributed by atoms with Crippen molar-refractivity contribution in [1.82, 2.24) is 15.5 Å². The molecule has 0 radical (unpaired) electrons. The molecule has 0 fully saturated rings. The average molecular weight is 356 g/mol. The maximum absolute atomic E-state index is 11.3. The number of nitrogens with one attached hydrogen (secondary N) is 2. The minimum atomic E-state index is -0.245. The number of rotatable bonds is 15. The summed E-state index contributed by atoms with van der Waals surface area (Å²) in [5, 5.41) is 5.84. The minimum Gasteiger partial charge on any atom is -0.379 e. The van der Waals surface area contributed by atoms with Gasteiger partial charge >= 0.3 is 0 Å². The van der Waals surface area contributed by atoms with Gasteiger partial charge in [0.15, 0.2) is 0 Å². The van der Waals surface area contributed by atoms with Gasteiger partial charge in [0, 0.05) is 44.8 Å². The van der Waals surface area contributed by atoms with Crippen LogP contribution < -0.4 is 16.4 Å². The van der Waals surface area contributed by atoms with E-state index in [1.54, 1.807) is 0 Å². The lowest BCUT2D eigenvalue weighted by atomic mass is 10.4. The van der Waals surface area contributed by atoms with Gasteiger partial charge in [-0.15, -0.1) is 0 Å². The molecule has 1 aliphatic rings. The van der Waals surface area contributed by atoms with Crippen molar-refractivity contribution >= 4 is 17.7 Å². The molecule has 0 aromatic rings. The van der Waals surface area contributed by atoms with Crippen molar-refractivity contribution in [2.24, 2.45) is 5.73 Å². The normalized spacial score (nSPS) is 13.7. The van der Waals surface area contributed by atoms with Gasteiger partial charge in [0.25, 0.3) is 11.8 Å². The number of hydrogen-bond donors (Lipinski definition) is 3. The molecular weight excluding hydrogens is 328 g/mol. The molecule has 0 aromatic carbocycles. The molecule has 4 N–H and O–H groups in total. The van der Waals surface area contributed by atoms with Crippen LogP contribution >= 0.6 is 0 Å².